The zero-order chi connectivity index (χ0) is 19.5. The van der Waals surface area contributed by atoms with Gasteiger partial charge < -0.3 is 14.9 Å². The molecule has 0 aliphatic carbocycles. The van der Waals surface area contributed by atoms with Crippen LogP contribution in [-0.4, -0.2) is 52.9 Å². The highest BCUT2D eigenvalue weighted by molar-refractivity contribution is 7.12. The van der Waals surface area contributed by atoms with Gasteiger partial charge in [0.15, 0.2) is 0 Å². The molecule has 2 aliphatic rings. The van der Waals surface area contributed by atoms with E-state index < -0.39 is 0 Å². The Labute approximate surface area is 169 Å². The fourth-order valence-corrected chi connectivity index (χ4v) is 5.01. The van der Waals surface area contributed by atoms with Crippen molar-refractivity contribution in [2.24, 2.45) is 5.92 Å². The molecule has 2 aromatic rings. The molecule has 0 radical (unpaired) electrons. The summed E-state index contributed by atoms with van der Waals surface area (Å²) in [5, 5.41) is 11.4. The van der Waals surface area contributed by atoms with Gasteiger partial charge in [-0.25, -0.2) is 0 Å². The Kier molecular flexibility index (Phi) is 5.67. The van der Waals surface area contributed by atoms with E-state index in [-0.39, 0.29) is 17.7 Å². The van der Waals surface area contributed by atoms with Gasteiger partial charge in [-0.2, -0.15) is 0 Å². The minimum Gasteiger partial charge on any atom is -0.508 e. The normalized spacial score (nSPS) is 19.0. The van der Waals surface area contributed by atoms with Gasteiger partial charge in [-0.1, -0.05) is 18.2 Å². The first-order valence-electron chi connectivity index (χ1n) is 10.0. The summed E-state index contributed by atoms with van der Waals surface area (Å²) < 4.78 is 0. The number of phenolic OH excluding ortho intramolecular Hbond substituents is 1. The first-order valence-corrected chi connectivity index (χ1v) is 10.9. The third kappa shape index (κ3) is 4.07. The van der Waals surface area contributed by atoms with Gasteiger partial charge in [0, 0.05) is 32.1 Å². The van der Waals surface area contributed by atoms with Crippen molar-refractivity contribution >= 4 is 23.2 Å². The standard InChI is InChI=1S/C22H26N2O3S/c25-19-5-3-16(4-6-19)17-7-11-23(12-8-17)21(26)18-9-13-24(14-10-18)22(27)20-2-1-15-28-20/h1-6,15,17-18,25H,7-14H2. The van der Waals surface area contributed by atoms with Crippen molar-refractivity contribution in [3.8, 4) is 5.75 Å². The molecule has 2 aliphatic heterocycles. The second-order valence-corrected chi connectivity index (χ2v) is 8.68. The zero-order valence-electron chi connectivity index (χ0n) is 15.9. The van der Waals surface area contributed by atoms with Crippen molar-refractivity contribution < 1.29 is 14.7 Å². The van der Waals surface area contributed by atoms with E-state index in [1.165, 1.54) is 16.9 Å². The molecule has 28 heavy (non-hydrogen) atoms. The SMILES string of the molecule is O=C(c1cccs1)N1CCC(C(=O)N2CCC(c3ccc(O)cc3)CC2)CC1. The number of aromatic hydroxyl groups is 1. The lowest BCUT2D eigenvalue weighted by atomic mass is 9.88. The van der Waals surface area contributed by atoms with Crippen LogP contribution >= 0.6 is 11.3 Å². The predicted molar refractivity (Wildman–Crippen MR) is 110 cm³/mol. The monoisotopic (exact) mass is 398 g/mol. The van der Waals surface area contributed by atoms with E-state index in [1.54, 1.807) is 12.1 Å². The highest BCUT2D eigenvalue weighted by Gasteiger charge is 2.32. The second-order valence-electron chi connectivity index (χ2n) is 7.73. The maximum absolute atomic E-state index is 12.9. The van der Waals surface area contributed by atoms with Gasteiger partial charge in [0.2, 0.25) is 5.91 Å². The molecule has 0 spiro atoms. The second kappa shape index (κ2) is 8.35. The molecule has 1 aromatic heterocycles. The number of carbonyl (C=O) groups is 2. The van der Waals surface area contributed by atoms with E-state index in [0.29, 0.717) is 24.8 Å². The van der Waals surface area contributed by atoms with Crippen LogP contribution in [0.5, 0.6) is 5.75 Å². The van der Waals surface area contributed by atoms with E-state index in [1.807, 2.05) is 39.4 Å². The molecule has 2 amide bonds. The summed E-state index contributed by atoms with van der Waals surface area (Å²) >= 11 is 1.47. The number of hydrogen-bond donors (Lipinski definition) is 1. The molecule has 0 atom stereocenters. The van der Waals surface area contributed by atoms with Crippen LogP contribution in [0.4, 0.5) is 0 Å². The summed E-state index contributed by atoms with van der Waals surface area (Å²) in [7, 11) is 0. The molecule has 3 heterocycles. The van der Waals surface area contributed by atoms with Crippen LogP contribution in [0, 0.1) is 5.92 Å². The lowest BCUT2D eigenvalue weighted by Crippen LogP contribution is -2.46. The average Bonchev–Trinajstić information content (AvgIpc) is 3.28. The van der Waals surface area contributed by atoms with Crippen LogP contribution in [-0.2, 0) is 4.79 Å². The van der Waals surface area contributed by atoms with Crippen LogP contribution in [0.1, 0.15) is 46.8 Å². The number of amides is 2. The molecular formula is C22H26N2O3S. The summed E-state index contributed by atoms with van der Waals surface area (Å²) in [4.78, 5) is 30.1. The fourth-order valence-electron chi connectivity index (χ4n) is 4.32. The molecule has 2 saturated heterocycles. The lowest BCUT2D eigenvalue weighted by molar-refractivity contribution is -0.138. The number of benzene rings is 1. The van der Waals surface area contributed by atoms with Crippen molar-refractivity contribution in [2.75, 3.05) is 26.2 Å². The molecule has 4 rings (SSSR count). The smallest absolute Gasteiger partial charge is 0.263 e. The lowest BCUT2D eigenvalue weighted by Gasteiger charge is -2.37. The first kappa shape index (κ1) is 19.0. The van der Waals surface area contributed by atoms with E-state index in [2.05, 4.69) is 0 Å². The Morgan fingerprint density at radius 1 is 0.893 bits per heavy atom. The molecule has 0 unspecified atom stereocenters. The summed E-state index contributed by atoms with van der Waals surface area (Å²) in [6.45, 7) is 2.91. The van der Waals surface area contributed by atoms with Crippen molar-refractivity contribution in [2.45, 2.75) is 31.6 Å². The van der Waals surface area contributed by atoms with E-state index in [0.717, 1.165) is 43.6 Å². The molecule has 0 saturated carbocycles. The van der Waals surface area contributed by atoms with Crippen molar-refractivity contribution in [1.29, 1.82) is 0 Å². The Morgan fingerprint density at radius 3 is 2.14 bits per heavy atom. The molecular weight excluding hydrogens is 372 g/mol. The zero-order valence-corrected chi connectivity index (χ0v) is 16.7. The van der Waals surface area contributed by atoms with Crippen LogP contribution in [0.2, 0.25) is 0 Å². The predicted octanol–water partition coefficient (Wildman–Crippen LogP) is 3.71. The third-order valence-corrected chi connectivity index (χ3v) is 6.89. The van der Waals surface area contributed by atoms with Crippen molar-refractivity contribution in [3.05, 3.63) is 52.2 Å². The number of carbonyl (C=O) groups excluding carboxylic acids is 2. The number of phenols is 1. The van der Waals surface area contributed by atoms with Crippen LogP contribution in [0.3, 0.4) is 0 Å². The number of rotatable bonds is 3. The van der Waals surface area contributed by atoms with Crippen molar-refractivity contribution in [3.63, 3.8) is 0 Å². The summed E-state index contributed by atoms with van der Waals surface area (Å²) in [6, 6.07) is 11.2. The number of hydrogen-bond acceptors (Lipinski definition) is 4. The summed E-state index contributed by atoms with van der Waals surface area (Å²) in [5.41, 5.74) is 1.24. The number of thiophene rings is 1. The average molecular weight is 399 g/mol. The molecule has 0 bridgehead atoms. The first-order chi connectivity index (χ1) is 13.6. The molecule has 148 valence electrons. The Balaban J connectivity index is 1.27. The van der Waals surface area contributed by atoms with Gasteiger partial charge in [0.05, 0.1) is 4.88 Å². The van der Waals surface area contributed by atoms with Crippen LogP contribution < -0.4 is 0 Å². The minimum atomic E-state index is 0.0395. The van der Waals surface area contributed by atoms with E-state index in [4.69, 9.17) is 0 Å². The van der Waals surface area contributed by atoms with Gasteiger partial charge in [0.25, 0.3) is 5.91 Å². The van der Waals surface area contributed by atoms with E-state index >= 15 is 0 Å². The van der Waals surface area contributed by atoms with Gasteiger partial charge in [0.1, 0.15) is 5.75 Å². The summed E-state index contributed by atoms with van der Waals surface area (Å²) in [5.74, 6) is 1.13. The van der Waals surface area contributed by atoms with Crippen LogP contribution in [0.25, 0.3) is 0 Å². The quantitative estimate of drug-likeness (QED) is 0.857. The molecule has 2 fully saturated rings. The molecule has 1 aromatic carbocycles. The Bertz CT molecular complexity index is 803. The van der Waals surface area contributed by atoms with Gasteiger partial charge in [-0.05, 0) is 60.7 Å². The molecule has 6 heteroatoms. The maximum Gasteiger partial charge on any atom is 0.263 e. The number of likely N-dealkylation sites (tertiary alicyclic amines) is 2. The minimum absolute atomic E-state index is 0.0395. The van der Waals surface area contributed by atoms with Crippen molar-refractivity contribution in [1.82, 2.24) is 9.80 Å². The number of nitrogens with zero attached hydrogens (tertiary/aromatic N) is 2. The van der Waals surface area contributed by atoms with Crippen LogP contribution in [0.15, 0.2) is 41.8 Å². The highest BCUT2D eigenvalue weighted by atomic mass is 32.1. The Morgan fingerprint density at radius 2 is 1.54 bits per heavy atom. The Hall–Kier alpha value is -2.34. The third-order valence-electron chi connectivity index (χ3n) is 6.03. The van der Waals surface area contributed by atoms with E-state index in [9.17, 15) is 14.7 Å². The molecule has 1 N–H and O–H groups in total. The molecule has 5 nitrogen and oxygen atoms in total. The van der Waals surface area contributed by atoms with Gasteiger partial charge >= 0.3 is 0 Å². The maximum atomic E-state index is 12.9. The summed E-state index contributed by atoms with van der Waals surface area (Å²) in [6.07, 6.45) is 3.44. The largest absolute Gasteiger partial charge is 0.508 e. The van der Waals surface area contributed by atoms with Gasteiger partial charge in [-0.15, -0.1) is 11.3 Å². The van der Waals surface area contributed by atoms with Gasteiger partial charge in [-0.3, -0.25) is 9.59 Å². The topological polar surface area (TPSA) is 60.9 Å². The fraction of sp³-hybridized carbons (Fsp3) is 0.455. The number of piperidine rings is 2. The highest BCUT2D eigenvalue weighted by Crippen LogP contribution is 2.31.